The number of halogens is 3. The Morgan fingerprint density at radius 1 is 1.24 bits per heavy atom. The zero-order valence-electron chi connectivity index (χ0n) is 10.7. The first-order valence-corrected chi connectivity index (χ1v) is 6.68. The van der Waals surface area contributed by atoms with Gasteiger partial charge in [0.1, 0.15) is 0 Å². The molecule has 1 nitrogen and oxygen atoms in total. The van der Waals surface area contributed by atoms with Gasteiger partial charge in [-0.1, -0.05) is 20.8 Å². The van der Waals surface area contributed by atoms with Crippen molar-refractivity contribution in [1.29, 1.82) is 0 Å². The molecular formula is C12H22F3NS. The van der Waals surface area contributed by atoms with Gasteiger partial charge in [0.25, 0.3) is 0 Å². The second-order valence-electron chi connectivity index (χ2n) is 6.02. The molecule has 1 fully saturated rings. The summed E-state index contributed by atoms with van der Waals surface area (Å²) in [6.07, 6.45) is -2.29. The fourth-order valence-corrected chi connectivity index (χ4v) is 2.56. The fraction of sp³-hybridized carbons (Fsp3) is 1.00. The summed E-state index contributed by atoms with van der Waals surface area (Å²) < 4.78 is 37.5. The van der Waals surface area contributed by atoms with Crippen LogP contribution in [0.4, 0.5) is 13.2 Å². The predicted octanol–water partition coefficient (Wildman–Crippen LogP) is 3.61. The molecule has 1 unspecified atom stereocenters. The van der Waals surface area contributed by atoms with Crippen molar-refractivity contribution in [3.63, 3.8) is 0 Å². The van der Waals surface area contributed by atoms with Gasteiger partial charge < -0.3 is 0 Å². The van der Waals surface area contributed by atoms with Gasteiger partial charge in [-0.2, -0.15) is 25.8 Å². The Morgan fingerprint density at radius 3 is 2.06 bits per heavy atom. The quantitative estimate of drug-likeness (QED) is 0.746. The normalized spacial score (nSPS) is 19.8. The van der Waals surface area contributed by atoms with Crippen molar-refractivity contribution in [2.24, 2.45) is 11.3 Å². The van der Waals surface area contributed by atoms with Crippen molar-refractivity contribution in [3.05, 3.63) is 0 Å². The van der Waals surface area contributed by atoms with E-state index < -0.39 is 12.7 Å². The van der Waals surface area contributed by atoms with Crippen LogP contribution in [0.1, 0.15) is 33.6 Å². The first kappa shape index (κ1) is 15.2. The van der Waals surface area contributed by atoms with Crippen LogP contribution in [0, 0.1) is 11.3 Å². The molecule has 1 aliphatic rings. The highest BCUT2D eigenvalue weighted by Gasteiger charge is 2.40. The van der Waals surface area contributed by atoms with Crippen molar-refractivity contribution < 1.29 is 13.2 Å². The summed E-state index contributed by atoms with van der Waals surface area (Å²) in [6.45, 7) is 5.90. The van der Waals surface area contributed by atoms with Crippen LogP contribution in [-0.4, -0.2) is 36.0 Å². The molecule has 0 radical (unpaired) electrons. The van der Waals surface area contributed by atoms with Gasteiger partial charge in [-0.3, -0.25) is 4.90 Å². The van der Waals surface area contributed by atoms with Crippen LogP contribution in [0.25, 0.3) is 0 Å². The maximum atomic E-state index is 12.5. The molecule has 0 aromatic heterocycles. The summed E-state index contributed by atoms with van der Waals surface area (Å²) in [5.74, 6) is 0.818. The molecule has 1 rings (SSSR count). The van der Waals surface area contributed by atoms with Crippen molar-refractivity contribution in [2.75, 3.05) is 18.8 Å². The van der Waals surface area contributed by atoms with Crippen LogP contribution in [0.3, 0.4) is 0 Å². The van der Waals surface area contributed by atoms with Gasteiger partial charge in [0.05, 0.1) is 6.54 Å². The summed E-state index contributed by atoms with van der Waals surface area (Å²) in [4.78, 5) is 1.59. The topological polar surface area (TPSA) is 3.24 Å². The third-order valence-electron chi connectivity index (χ3n) is 3.35. The smallest absolute Gasteiger partial charge is 0.292 e. The van der Waals surface area contributed by atoms with Gasteiger partial charge in [-0.25, -0.2) is 0 Å². The van der Waals surface area contributed by atoms with Crippen LogP contribution < -0.4 is 0 Å². The highest BCUT2D eigenvalue weighted by Crippen LogP contribution is 2.34. The third-order valence-corrected chi connectivity index (χ3v) is 3.79. The molecule has 0 heterocycles. The van der Waals surface area contributed by atoms with E-state index >= 15 is 0 Å². The third kappa shape index (κ3) is 5.51. The molecule has 0 saturated heterocycles. The number of alkyl halides is 3. The van der Waals surface area contributed by atoms with Crippen LogP contribution >= 0.6 is 12.6 Å². The van der Waals surface area contributed by atoms with Gasteiger partial charge in [0.15, 0.2) is 0 Å². The highest BCUT2D eigenvalue weighted by atomic mass is 32.1. The minimum atomic E-state index is -4.10. The molecule has 1 aliphatic carbocycles. The molecule has 1 saturated carbocycles. The first-order chi connectivity index (χ1) is 7.63. The highest BCUT2D eigenvalue weighted by molar-refractivity contribution is 7.80. The molecular weight excluding hydrogens is 247 g/mol. The molecule has 0 aliphatic heterocycles. The number of hydrogen-bond donors (Lipinski definition) is 1. The maximum absolute atomic E-state index is 12.5. The van der Waals surface area contributed by atoms with E-state index in [-0.39, 0.29) is 17.4 Å². The summed E-state index contributed by atoms with van der Waals surface area (Å²) in [7, 11) is 0. The van der Waals surface area contributed by atoms with E-state index in [9.17, 15) is 13.2 Å². The Kier molecular flexibility index (Phi) is 4.81. The Morgan fingerprint density at radius 2 is 1.76 bits per heavy atom. The van der Waals surface area contributed by atoms with E-state index in [0.717, 1.165) is 12.8 Å². The molecule has 102 valence electrons. The Bertz CT molecular complexity index is 243. The fourth-order valence-electron chi connectivity index (χ4n) is 1.90. The van der Waals surface area contributed by atoms with E-state index in [1.54, 1.807) is 4.90 Å². The lowest BCUT2D eigenvalue weighted by molar-refractivity contribution is -0.149. The van der Waals surface area contributed by atoms with Crippen molar-refractivity contribution in [3.8, 4) is 0 Å². The lowest BCUT2D eigenvalue weighted by atomic mass is 9.81. The van der Waals surface area contributed by atoms with E-state index in [2.05, 4.69) is 33.4 Å². The molecule has 0 spiro atoms. The average molecular weight is 269 g/mol. The van der Waals surface area contributed by atoms with Gasteiger partial charge in [-0.15, -0.1) is 0 Å². The zero-order valence-corrected chi connectivity index (χ0v) is 11.6. The molecule has 0 amide bonds. The lowest BCUT2D eigenvalue weighted by Gasteiger charge is -2.35. The standard InChI is InChI=1S/C12H22F3NS/c1-11(2,3)9(7-17)6-16(10-4-5-10)8-12(13,14)15/h9-10,17H,4-8H2,1-3H3. The van der Waals surface area contributed by atoms with Gasteiger partial charge in [-0.05, 0) is 29.9 Å². The second-order valence-corrected chi connectivity index (χ2v) is 6.39. The van der Waals surface area contributed by atoms with Crippen LogP contribution in [0.2, 0.25) is 0 Å². The van der Waals surface area contributed by atoms with Crippen molar-refractivity contribution in [1.82, 2.24) is 4.90 Å². The SMILES string of the molecule is CC(C)(C)C(CS)CN(CC(F)(F)F)C1CC1. The van der Waals surface area contributed by atoms with Crippen LogP contribution in [0.5, 0.6) is 0 Å². The second kappa shape index (κ2) is 5.39. The van der Waals surface area contributed by atoms with Crippen molar-refractivity contribution >= 4 is 12.6 Å². The van der Waals surface area contributed by atoms with Gasteiger partial charge in [0.2, 0.25) is 0 Å². The molecule has 17 heavy (non-hydrogen) atoms. The summed E-state index contributed by atoms with van der Waals surface area (Å²) >= 11 is 4.28. The first-order valence-electron chi connectivity index (χ1n) is 6.05. The number of nitrogens with zero attached hydrogens (tertiary/aromatic N) is 1. The van der Waals surface area contributed by atoms with Gasteiger partial charge in [0, 0.05) is 12.6 Å². The predicted molar refractivity (Wildman–Crippen MR) is 67.4 cm³/mol. The molecule has 0 aromatic carbocycles. The largest absolute Gasteiger partial charge is 0.401 e. The molecule has 0 N–H and O–H groups in total. The molecule has 0 aromatic rings. The van der Waals surface area contributed by atoms with Crippen LogP contribution in [0.15, 0.2) is 0 Å². The average Bonchev–Trinajstić information content (AvgIpc) is 2.90. The number of rotatable bonds is 5. The summed E-state index contributed by atoms with van der Waals surface area (Å²) in [6, 6.07) is 0.140. The minimum Gasteiger partial charge on any atom is -0.292 e. The Labute approximate surface area is 107 Å². The number of thiol groups is 1. The Balaban J connectivity index is 2.59. The van der Waals surface area contributed by atoms with E-state index in [0.29, 0.717) is 12.3 Å². The lowest BCUT2D eigenvalue weighted by Crippen LogP contribution is -2.42. The van der Waals surface area contributed by atoms with E-state index in [1.165, 1.54) is 0 Å². The van der Waals surface area contributed by atoms with E-state index in [1.807, 2.05) is 0 Å². The molecule has 1 atom stereocenters. The molecule has 0 bridgehead atoms. The zero-order chi connectivity index (χ0) is 13.3. The molecule has 5 heteroatoms. The van der Waals surface area contributed by atoms with Crippen molar-refractivity contribution in [2.45, 2.75) is 45.8 Å². The number of hydrogen-bond acceptors (Lipinski definition) is 2. The summed E-state index contributed by atoms with van der Waals surface area (Å²) in [5, 5.41) is 0. The van der Waals surface area contributed by atoms with Crippen LogP contribution in [-0.2, 0) is 0 Å². The monoisotopic (exact) mass is 269 g/mol. The minimum absolute atomic E-state index is 0.000485. The Hall–Kier alpha value is 0.100. The van der Waals surface area contributed by atoms with E-state index in [4.69, 9.17) is 0 Å². The summed E-state index contributed by atoms with van der Waals surface area (Å²) in [5.41, 5.74) is 0.000485. The van der Waals surface area contributed by atoms with Gasteiger partial charge >= 0.3 is 6.18 Å². The maximum Gasteiger partial charge on any atom is 0.401 e.